The number of carbonyl (C=O) groups excluding carboxylic acids is 2. The highest BCUT2D eigenvalue weighted by Crippen LogP contribution is 2.17. The molecule has 0 bridgehead atoms. The summed E-state index contributed by atoms with van der Waals surface area (Å²) in [5, 5.41) is 0. The molecule has 0 aliphatic carbocycles. The van der Waals surface area contributed by atoms with Crippen molar-refractivity contribution < 1.29 is 19.1 Å². The van der Waals surface area contributed by atoms with Gasteiger partial charge in [-0.15, -0.1) is 0 Å². The van der Waals surface area contributed by atoms with E-state index < -0.39 is 11.9 Å². The van der Waals surface area contributed by atoms with E-state index in [1.165, 1.54) is 16.7 Å². The van der Waals surface area contributed by atoms with Gasteiger partial charge in [0.1, 0.15) is 30.6 Å². The van der Waals surface area contributed by atoms with Gasteiger partial charge < -0.3 is 14.4 Å². The van der Waals surface area contributed by atoms with Crippen molar-refractivity contribution in [3.05, 3.63) is 108 Å². The lowest BCUT2D eigenvalue weighted by molar-refractivity contribution is -0.148. The first-order valence-corrected chi connectivity index (χ1v) is 11.8. The number of carbonyl (C=O) groups is 2. The maximum Gasteiger partial charge on any atom is 0.325 e. The molecule has 0 amide bonds. The molecule has 0 N–H and O–H groups in total. The van der Waals surface area contributed by atoms with Crippen molar-refractivity contribution in [3.8, 4) is 0 Å². The fourth-order valence-corrected chi connectivity index (χ4v) is 3.97. The second-order valence-electron chi connectivity index (χ2n) is 7.19. The SMILES string of the molecule is O=C(CN(CC(=O)OCc1ccccc1)C(=S)SCc1ccccc1)OCc1ccccc1. The summed E-state index contributed by atoms with van der Waals surface area (Å²) in [5.74, 6) is -0.288. The third kappa shape index (κ3) is 9.08. The number of ether oxygens (including phenoxy) is 2. The molecule has 0 saturated heterocycles. The van der Waals surface area contributed by atoms with Crippen LogP contribution in [0.1, 0.15) is 16.7 Å². The van der Waals surface area contributed by atoms with E-state index in [1.54, 1.807) is 0 Å². The smallest absolute Gasteiger partial charge is 0.325 e. The first-order valence-electron chi connectivity index (χ1n) is 10.4. The van der Waals surface area contributed by atoms with Gasteiger partial charge in [0.15, 0.2) is 0 Å². The maximum atomic E-state index is 12.5. The topological polar surface area (TPSA) is 55.8 Å². The third-order valence-corrected chi connectivity index (χ3v) is 6.18. The van der Waals surface area contributed by atoms with Crippen molar-refractivity contribution in [2.45, 2.75) is 19.0 Å². The van der Waals surface area contributed by atoms with E-state index >= 15 is 0 Å². The van der Waals surface area contributed by atoms with Crippen LogP contribution in [-0.2, 0) is 38.0 Å². The summed E-state index contributed by atoms with van der Waals surface area (Å²) in [6.45, 7) is 0.0631. The van der Waals surface area contributed by atoms with Gasteiger partial charge in [-0.05, 0) is 16.7 Å². The fourth-order valence-electron chi connectivity index (χ4n) is 2.87. The summed E-state index contributed by atoms with van der Waals surface area (Å²) in [5.41, 5.74) is 2.88. The van der Waals surface area contributed by atoms with E-state index in [0.29, 0.717) is 10.1 Å². The first-order chi connectivity index (χ1) is 16.1. The molecule has 3 rings (SSSR count). The zero-order chi connectivity index (χ0) is 23.3. The zero-order valence-electron chi connectivity index (χ0n) is 18.1. The van der Waals surface area contributed by atoms with Crippen LogP contribution < -0.4 is 0 Å². The van der Waals surface area contributed by atoms with E-state index in [9.17, 15) is 9.59 Å². The monoisotopic (exact) mass is 479 g/mol. The molecule has 0 heterocycles. The molecule has 0 fully saturated rings. The number of nitrogens with zero attached hydrogens (tertiary/aromatic N) is 1. The van der Waals surface area contributed by atoms with Gasteiger partial charge in [-0.2, -0.15) is 0 Å². The van der Waals surface area contributed by atoms with Gasteiger partial charge in [-0.1, -0.05) is 115 Å². The molecule has 7 heteroatoms. The lowest BCUT2D eigenvalue weighted by Gasteiger charge is -2.23. The normalized spacial score (nSPS) is 10.3. The van der Waals surface area contributed by atoms with E-state index in [2.05, 4.69) is 0 Å². The van der Waals surface area contributed by atoms with Crippen LogP contribution in [0, 0.1) is 0 Å². The predicted octanol–water partition coefficient (Wildman–Crippen LogP) is 4.99. The van der Waals surface area contributed by atoms with Crippen LogP contribution in [0.25, 0.3) is 0 Å². The molecule has 170 valence electrons. The second-order valence-corrected chi connectivity index (χ2v) is 8.80. The molecular weight excluding hydrogens is 454 g/mol. The largest absolute Gasteiger partial charge is 0.459 e. The van der Waals surface area contributed by atoms with Gasteiger partial charge in [0.05, 0.1) is 0 Å². The minimum absolute atomic E-state index is 0.131. The molecule has 0 spiro atoms. The van der Waals surface area contributed by atoms with Crippen LogP contribution in [0.15, 0.2) is 91.0 Å². The zero-order valence-corrected chi connectivity index (χ0v) is 19.7. The van der Waals surface area contributed by atoms with E-state index in [-0.39, 0.29) is 26.3 Å². The molecule has 3 aromatic carbocycles. The minimum Gasteiger partial charge on any atom is -0.459 e. The highest BCUT2D eigenvalue weighted by molar-refractivity contribution is 8.22. The van der Waals surface area contributed by atoms with Crippen LogP contribution in [0.4, 0.5) is 0 Å². The molecule has 3 aromatic rings. The molecule has 5 nitrogen and oxygen atoms in total. The van der Waals surface area contributed by atoms with Crippen LogP contribution in [0.3, 0.4) is 0 Å². The predicted molar refractivity (Wildman–Crippen MR) is 134 cm³/mol. The Morgan fingerprint density at radius 1 is 0.667 bits per heavy atom. The molecule has 0 aromatic heterocycles. The van der Waals surface area contributed by atoms with Crippen LogP contribution >= 0.6 is 24.0 Å². The van der Waals surface area contributed by atoms with Crippen LogP contribution in [0.5, 0.6) is 0 Å². The van der Waals surface area contributed by atoms with Crippen molar-refractivity contribution in [2.24, 2.45) is 0 Å². The summed E-state index contributed by atoms with van der Waals surface area (Å²) < 4.78 is 11.2. The van der Waals surface area contributed by atoms with Crippen molar-refractivity contribution in [1.29, 1.82) is 0 Å². The van der Waals surface area contributed by atoms with Gasteiger partial charge in [-0.3, -0.25) is 9.59 Å². The molecule has 0 radical (unpaired) electrons. The average molecular weight is 480 g/mol. The Balaban J connectivity index is 1.56. The van der Waals surface area contributed by atoms with Gasteiger partial charge in [0, 0.05) is 5.75 Å². The van der Waals surface area contributed by atoms with Crippen molar-refractivity contribution in [3.63, 3.8) is 0 Å². The van der Waals surface area contributed by atoms with Crippen molar-refractivity contribution in [2.75, 3.05) is 13.1 Å². The average Bonchev–Trinajstić information content (AvgIpc) is 2.86. The number of hydrogen-bond donors (Lipinski definition) is 0. The van der Waals surface area contributed by atoms with Gasteiger partial charge in [0.2, 0.25) is 0 Å². The number of hydrogen-bond acceptors (Lipinski definition) is 6. The Kier molecular flexibility index (Phi) is 9.94. The number of thiocarbonyl (C=S) groups is 1. The number of thioether (sulfide) groups is 1. The molecule has 33 heavy (non-hydrogen) atoms. The summed E-state index contributed by atoms with van der Waals surface area (Å²) in [4.78, 5) is 26.5. The molecule has 0 aliphatic heterocycles. The molecule has 0 aliphatic rings. The van der Waals surface area contributed by atoms with Gasteiger partial charge >= 0.3 is 11.9 Å². The Labute approximate surface area is 203 Å². The van der Waals surface area contributed by atoms with Gasteiger partial charge in [-0.25, -0.2) is 0 Å². The quantitative estimate of drug-likeness (QED) is 0.300. The molecule has 0 saturated carbocycles. The Hall–Kier alpha value is -3.16. The van der Waals surface area contributed by atoms with E-state index in [0.717, 1.165) is 16.7 Å². The summed E-state index contributed by atoms with van der Waals surface area (Å²) in [6.07, 6.45) is 0. The van der Waals surface area contributed by atoms with Crippen molar-refractivity contribution >= 4 is 40.2 Å². The number of esters is 2. The fraction of sp³-hybridized carbons (Fsp3) is 0.192. The highest BCUT2D eigenvalue weighted by atomic mass is 32.2. The number of rotatable bonds is 10. The Morgan fingerprint density at radius 3 is 1.48 bits per heavy atom. The van der Waals surface area contributed by atoms with E-state index in [4.69, 9.17) is 21.7 Å². The molecule has 0 atom stereocenters. The highest BCUT2D eigenvalue weighted by Gasteiger charge is 2.20. The molecular formula is C26H25NO4S2. The lowest BCUT2D eigenvalue weighted by atomic mass is 10.2. The Bertz CT molecular complexity index is 972. The minimum atomic E-state index is -0.461. The first kappa shape index (κ1) is 24.5. The van der Waals surface area contributed by atoms with Crippen LogP contribution in [-0.4, -0.2) is 34.2 Å². The maximum absolute atomic E-state index is 12.5. The van der Waals surface area contributed by atoms with Gasteiger partial charge in [0.25, 0.3) is 0 Å². The second kappa shape index (κ2) is 13.4. The molecule has 0 unspecified atom stereocenters. The Morgan fingerprint density at radius 2 is 1.06 bits per heavy atom. The van der Waals surface area contributed by atoms with Crippen molar-refractivity contribution in [1.82, 2.24) is 4.90 Å². The lowest BCUT2D eigenvalue weighted by Crippen LogP contribution is -2.38. The third-order valence-electron chi connectivity index (χ3n) is 4.59. The summed E-state index contributed by atoms with van der Waals surface area (Å²) in [6, 6.07) is 28.7. The van der Waals surface area contributed by atoms with Crippen LogP contribution in [0.2, 0.25) is 0 Å². The standard InChI is InChI=1S/C26H25NO4S2/c28-24(30-18-21-10-4-1-5-11-21)16-27(26(32)33-20-23-14-8-3-9-15-23)17-25(29)31-19-22-12-6-2-7-13-22/h1-15H,16-20H2. The summed E-state index contributed by atoms with van der Waals surface area (Å²) in [7, 11) is 0. The number of benzene rings is 3. The summed E-state index contributed by atoms with van der Waals surface area (Å²) >= 11 is 6.93. The van der Waals surface area contributed by atoms with E-state index in [1.807, 2.05) is 91.0 Å².